The molecule has 0 aromatic heterocycles. The zero-order valence-electron chi connectivity index (χ0n) is 12.1. The molecule has 3 heteroatoms. The first kappa shape index (κ1) is 14.1. The summed E-state index contributed by atoms with van der Waals surface area (Å²) >= 11 is 0. The number of ether oxygens (including phenoxy) is 1. The van der Waals surface area contributed by atoms with Crippen molar-refractivity contribution in [3.05, 3.63) is 29.3 Å². The lowest BCUT2D eigenvalue weighted by atomic mass is 9.84. The zero-order chi connectivity index (χ0) is 13.9. The first-order valence-corrected chi connectivity index (χ1v) is 6.88. The summed E-state index contributed by atoms with van der Waals surface area (Å²) in [6.07, 6.45) is 3.42. The molecule has 0 saturated carbocycles. The molecule has 1 aliphatic heterocycles. The Balaban J connectivity index is 2.15. The van der Waals surface area contributed by atoms with E-state index in [-0.39, 0.29) is 0 Å². The lowest BCUT2D eigenvalue weighted by Crippen LogP contribution is -2.39. The minimum atomic E-state index is 0.383. The van der Waals surface area contributed by atoms with Crippen molar-refractivity contribution in [3.8, 4) is 5.75 Å². The van der Waals surface area contributed by atoms with E-state index in [9.17, 15) is 4.79 Å². The summed E-state index contributed by atoms with van der Waals surface area (Å²) < 4.78 is 5.40. The van der Waals surface area contributed by atoms with Gasteiger partial charge < -0.3 is 4.74 Å². The number of likely N-dealkylation sites (tertiary alicyclic amines) is 1. The molecule has 0 radical (unpaired) electrons. The van der Waals surface area contributed by atoms with Crippen molar-refractivity contribution in [2.75, 3.05) is 20.2 Å². The topological polar surface area (TPSA) is 29.5 Å². The maximum atomic E-state index is 10.9. The van der Waals surface area contributed by atoms with Crippen LogP contribution in [0.3, 0.4) is 0 Å². The molecule has 0 atom stereocenters. The molecule has 1 aliphatic rings. The number of carbonyl (C=O) groups excluding carboxylic acids is 1. The highest BCUT2D eigenvalue weighted by molar-refractivity contribution is 5.75. The number of benzene rings is 1. The van der Waals surface area contributed by atoms with Crippen LogP contribution in [0.4, 0.5) is 0 Å². The molecule has 0 bridgehead atoms. The Hall–Kier alpha value is -1.35. The number of piperidine rings is 1. The molecule has 0 amide bonds. The highest BCUT2D eigenvalue weighted by Crippen LogP contribution is 2.30. The fourth-order valence-corrected chi connectivity index (χ4v) is 2.92. The van der Waals surface area contributed by atoms with Gasteiger partial charge in [-0.15, -0.1) is 0 Å². The van der Waals surface area contributed by atoms with Gasteiger partial charge in [-0.2, -0.15) is 0 Å². The smallest absolute Gasteiger partial charge is 0.150 e. The molecule has 1 saturated heterocycles. The third-order valence-electron chi connectivity index (χ3n) is 3.81. The molecule has 3 nitrogen and oxygen atoms in total. The van der Waals surface area contributed by atoms with E-state index in [1.165, 1.54) is 12.8 Å². The van der Waals surface area contributed by atoms with E-state index in [1.807, 2.05) is 12.1 Å². The molecule has 1 aromatic rings. The van der Waals surface area contributed by atoms with E-state index in [0.717, 1.165) is 37.2 Å². The molecule has 0 unspecified atom stereocenters. The molecule has 19 heavy (non-hydrogen) atoms. The van der Waals surface area contributed by atoms with Crippen LogP contribution in [0.5, 0.6) is 5.75 Å². The summed E-state index contributed by atoms with van der Waals surface area (Å²) in [4.78, 5) is 13.4. The number of aldehydes is 1. The van der Waals surface area contributed by atoms with Crippen LogP contribution in [0.25, 0.3) is 0 Å². The van der Waals surface area contributed by atoms with Crippen molar-refractivity contribution in [2.24, 2.45) is 5.41 Å². The Bertz CT molecular complexity index is 454. The predicted octanol–water partition coefficient (Wildman–Crippen LogP) is 3.13. The van der Waals surface area contributed by atoms with Gasteiger partial charge in [0.15, 0.2) is 0 Å². The molecule has 1 heterocycles. The average Bonchev–Trinajstić information content (AvgIpc) is 2.37. The minimum Gasteiger partial charge on any atom is -0.496 e. The van der Waals surface area contributed by atoms with Gasteiger partial charge in [0.2, 0.25) is 0 Å². The van der Waals surface area contributed by atoms with Gasteiger partial charge >= 0.3 is 0 Å². The normalized spacial score (nSPS) is 19.1. The molecular formula is C16H23NO2. The van der Waals surface area contributed by atoms with Gasteiger partial charge in [0.1, 0.15) is 12.0 Å². The van der Waals surface area contributed by atoms with Crippen LogP contribution in [0, 0.1) is 5.41 Å². The summed E-state index contributed by atoms with van der Waals surface area (Å²) in [5.41, 5.74) is 2.20. The average molecular weight is 261 g/mol. The van der Waals surface area contributed by atoms with Gasteiger partial charge in [-0.1, -0.05) is 13.8 Å². The molecule has 0 aliphatic carbocycles. The van der Waals surface area contributed by atoms with Gasteiger partial charge in [-0.05, 0) is 43.0 Å². The summed E-state index contributed by atoms with van der Waals surface area (Å²) in [6.45, 7) is 7.71. The van der Waals surface area contributed by atoms with Gasteiger partial charge in [0.25, 0.3) is 0 Å². The van der Waals surface area contributed by atoms with Gasteiger partial charge in [0.05, 0.1) is 7.11 Å². The number of carbonyl (C=O) groups is 1. The van der Waals surface area contributed by atoms with Gasteiger partial charge in [0, 0.05) is 24.2 Å². The van der Waals surface area contributed by atoms with Crippen molar-refractivity contribution in [3.63, 3.8) is 0 Å². The van der Waals surface area contributed by atoms with E-state index < -0.39 is 0 Å². The molecule has 2 rings (SSSR count). The maximum absolute atomic E-state index is 10.9. The SMILES string of the molecule is COc1ccc(C=O)cc1CN1CCCC(C)(C)C1. The number of rotatable bonds is 4. The lowest BCUT2D eigenvalue weighted by molar-refractivity contribution is 0.110. The van der Waals surface area contributed by atoms with Crippen LogP contribution < -0.4 is 4.74 Å². The highest BCUT2D eigenvalue weighted by atomic mass is 16.5. The van der Waals surface area contributed by atoms with Crippen LogP contribution in [0.1, 0.15) is 42.6 Å². The van der Waals surface area contributed by atoms with E-state index in [4.69, 9.17) is 4.74 Å². The first-order chi connectivity index (χ1) is 9.04. The number of hydrogen-bond donors (Lipinski definition) is 0. The van der Waals surface area contributed by atoms with Crippen molar-refractivity contribution in [1.29, 1.82) is 0 Å². The fourth-order valence-electron chi connectivity index (χ4n) is 2.92. The van der Waals surface area contributed by atoms with Gasteiger partial charge in [-0.3, -0.25) is 9.69 Å². The summed E-state index contributed by atoms with van der Waals surface area (Å²) in [7, 11) is 1.68. The van der Waals surface area contributed by atoms with E-state index >= 15 is 0 Å². The van der Waals surface area contributed by atoms with Crippen molar-refractivity contribution < 1.29 is 9.53 Å². The second-order valence-corrected chi connectivity index (χ2v) is 6.17. The molecular weight excluding hydrogens is 238 g/mol. The van der Waals surface area contributed by atoms with Crippen molar-refractivity contribution in [1.82, 2.24) is 4.90 Å². The third kappa shape index (κ3) is 3.57. The minimum absolute atomic E-state index is 0.383. The number of methoxy groups -OCH3 is 1. The van der Waals surface area contributed by atoms with E-state index in [0.29, 0.717) is 11.0 Å². The quantitative estimate of drug-likeness (QED) is 0.780. The highest BCUT2D eigenvalue weighted by Gasteiger charge is 2.26. The Kier molecular flexibility index (Phi) is 4.25. The Morgan fingerprint density at radius 3 is 2.84 bits per heavy atom. The number of hydrogen-bond acceptors (Lipinski definition) is 3. The van der Waals surface area contributed by atoms with E-state index in [1.54, 1.807) is 13.2 Å². The summed E-state index contributed by atoms with van der Waals surface area (Å²) in [5, 5.41) is 0. The van der Waals surface area contributed by atoms with Crippen LogP contribution in [0.15, 0.2) is 18.2 Å². The van der Waals surface area contributed by atoms with E-state index in [2.05, 4.69) is 18.7 Å². The molecule has 1 fully saturated rings. The Morgan fingerprint density at radius 1 is 1.42 bits per heavy atom. The molecule has 1 aromatic carbocycles. The zero-order valence-corrected chi connectivity index (χ0v) is 12.1. The van der Waals surface area contributed by atoms with Crippen molar-refractivity contribution in [2.45, 2.75) is 33.2 Å². The standard InChI is InChI=1S/C16H23NO2/c1-16(2)7-4-8-17(12-16)10-14-9-13(11-18)5-6-15(14)19-3/h5-6,9,11H,4,7-8,10,12H2,1-3H3. The second-order valence-electron chi connectivity index (χ2n) is 6.17. The molecule has 104 valence electrons. The van der Waals surface area contributed by atoms with Crippen LogP contribution in [0.2, 0.25) is 0 Å². The first-order valence-electron chi connectivity index (χ1n) is 6.88. The Morgan fingerprint density at radius 2 is 2.21 bits per heavy atom. The maximum Gasteiger partial charge on any atom is 0.150 e. The number of nitrogens with zero attached hydrogens (tertiary/aromatic N) is 1. The molecule has 0 spiro atoms. The Labute approximate surface area is 115 Å². The summed E-state index contributed by atoms with van der Waals surface area (Å²) in [5.74, 6) is 0.869. The van der Waals surface area contributed by atoms with Gasteiger partial charge in [-0.25, -0.2) is 0 Å². The van der Waals surface area contributed by atoms with Crippen LogP contribution in [-0.2, 0) is 6.54 Å². The second kappa shape index (κ2) is 5.74. The van der Waals surface area contributed by atoms with Crippen LogP contribution in [-0.4, -0.2) is 31.4 Å². The van der Waals surface area contributed by atoms with Crippen molar-refractivity contribution >= 4 is 6.29 Å². The third-order valence-corrected chi connectivity index (χ3v) is 3.81. The largest absolute Gasteiger partial charge is 0.496 e. The molecule has 0 N–H and O–H groups in total. The van der Waals surface area contributed by atoms with Crippen LogP contribution >= 0.6 is 0 Å². The lowest BCUT2D eigenvalue weighted by Gasteiger charge is -2.38. The monoisotopic (exact) mass is 261 g/mol. The predicted molar refractivity (Wildman–Crippen MR) is 76.7 cm³/mol. The summed E-state index contributed by atoms with van der Waals surface area (Å²) in [6, 6.07) is 5.62. The fraction of sp³-hybridized carbons (Fsp3) is 0.562.